The number of fused-ring (bicyclic) bond motifs is 1. The zero-order valence-corrected chi connectivity index (χ0v) is 10.9. The van der Waals surface area contributed by atoms with E-state index in [0.717, 1.165) is 5.52 Å². The number of imidazole rings is 1. The minimum atomic E-state index is -0.320. The maximum atomic E-state index is 13.8. The average molecular weight is 251 g/mol. The highest BCUT2D eigenvalue weighted by molar-refractivity contribution is 5.77. The van der Waals surface area contributed by atoms with Gasteiger partial charge in [0.15, 0.2) is 5.82 Å². The Labute approximate surface area is 106 Å². The monoisotopic (exact) mass is 251 g/mol. The number of nitrogens with zero attached hydrogens (tertiary/aromatic N) is 2. The minimum absolute atomic E-state index is 0.163. The first-order valence-electron chi connectivity index (χ1n) is 5.99. The second-order valence-corrected chi connectivity index (χ2v) is 4.50. The van der Waals surface area contributed by atoms with Gasteiger partial charge in [0, 0.05) is 19.7 Å². The number of nitrogens with two attached hydrogens (primary N) is 1. The van der Waals surface area contributed by atoms with Crippen LogP contribution >= 0.6 is 0 Å². The Bertz CT molecular complexity index is 546. The van der Waals surface area contributed by atoms with Crippen LogP contribution in [-0.2, 0) is 4.74 Å². The molecular formula is C13H18FN3O. The number of para-hydroxylation sites is 1. The standard InChI is InChI=1S/C13H18FN3O/c1-8(2)17-10-6-4-5-9(14)12(10)16-13(17)11(7-15)18-3/h4-6,8,11H,7,15H2,1-3H3. The summed E-state index contributed by atoms with van der Waals surface area (Å²) in [5, 5.41) is 0. The predicted molar refractivity (Wildman–Crippen MR) is 68.9 cm³/mol. The first-order chi connectivity index (χ1) is 8.60. The molecule has 18 heavy (non-hydrogen) atoms. The van der Waals surface area contributed by atoms with Gasteiger partial charge in [-0.15, -0.1) is 0 Å². The first kappa shape index (κ1) is 13.0. The second kappa shape index (κ2) is 5.04. The van der Waals surface area contributed by atoms with Crippen molar-refractivity contribution in [2.24, 2.45) is 5.73 Å². The highest BCUT2D eigenvalue weighted by Crippen LogP contribution is 2.27. The van der Waals surface area contributed by atoms with Gasteiger partial charge in [0.1, 0.15) is 17.4 Å². The van der Waals surface area contributed by atoms with E-state index in [1.54, 1.807) is 13.2 Å². The zero-order valence-electron chi connectivity index (χ0n) is 10.9. The molecule has 0 fully saturated rings. The molecule has 0 saturated heterocycles. The zero-order chi connectivity index (χ0) is 13.3. The molecule has 4 nitrogen and oxygen atoms in total. The Balaban J connectivity index is 2.72. The molecule has 5 heteroatoms. The van der Waals surface area contributed by atoms with Gasteiger partial charge in [0.25, 0.3) is 0 Å². The number of hydrogen-bond acceptors (Lipinski definition) is 3. The van der Waals surface area contributed by atoms with Crippen LogP contribution in [0.2, 0.25) is 0 Å². The van der Waals surface area contributed by atoms with Crippen LogP contribution in [-0.4, -0.2) is 23.2 Å². The van der Waals surface area contributed by atoms with E-state index in [9.17, 15) is 4.39 Å². The third kappa shape index (κ3) is 2.00. The molecule has 98 valence electrons. The van der Waals surface area contributed by atoms with Gasteiger partial charge < -0.3 is 15.0 Å². The van der Waals surface area contributed by atoms with Crippen LogP contribution in [0, 0.1) is 5.82 Å². The summed E-state index contributed by atoms with van der Waals surface area (Å²) in [4.78, 5) is 4.36. The number of ether oxygens (including phenoxy) is 1. The third-order valence-electron chi connectivity index (χ3n) is 3.00. The number of halogens is 1. The Morgan fingerprint density at radius 2 is 2.17 bits per heavy atom. The molecule has 2 aromatic rings. The van der Waals surface area contributed by atoms with Crippen LogP contribution < -0.4 is 5.73 Å². The lowest BCUT2D eigenvalue weighted by atomic mass is 10.2. The maximum Gasteiger partial charge on any atom is 0.151 e. The molecule has 0 radical (unpaired) electrons. The topological polar surface area (TPSA) is 53.1 Å². The number of hydrogen-bond donors (Lipinski definition) is 1. The van der Waals surface area contributed by atoms with E-state index in [1.807, 2.05) is 24.5 Å². The van der Waals surface area contributed by atoms with Crippen LogP contribution in [0.1, 0.15) is 31.8 Å². The molecule has 1 unspecified atom stereocenters. The number of aromatic nitrogens is 2. The summed E-state index contributed by atoms with van der Waals surface area (Å²) in [5.74, 6) is 0.357. The van der Waals surface area contributed by atoms with Gasteiger partial charge in [0.05, 0.1) is 5.52 Å². The second-order valence-electron chi connectivity index (χ2n) is 4.50. The highest BCUT2D eigenvalue weighted by atomic mass is 19.1. The van der Waals surface area contributed by atoms with Crippen LogP contribution in [0.25, 0.3) is 11.0 Å². The van der Waals surface area contributed by atoms with E-state index < -0.39 is 0 Å². The van der Waals surface area contributed by atoms with Crippen molar-refractivity contribution in [3.8, 4) is 0 Å². The first-order valence-corrected chi connectivity index (χ1v) is 5.99. The summed E-state index contributed by atoms with van der Waals surface area (Å²) >= 11 is 0. The number of rotatable bonds is 4. The Hall–Kier alpha value is -1.46. The van der Waals surface area contributed by atoms with Gasteiger partial charge in [-0.25, -0.2) is 9.37 Å². The number of benzene rings is 1. The molecule has 0 aliphatic rings. The van der Waals surface area contributed by atoms with Crippen molar-refractivity contribution >= 4 is 11.0 Å². The Morgan fingerprint density at radius 3 is 2.72 bits per heavy atom. The van der Waals surface area contributed by atoms with Gasteiger partial charge in [-0.3, -0.25) is 0 Å². The lowest BCUT2D eigenvalue weighted by Crippen LogP contribution is -2.19. The van der Waals surface area contributed by atoms with Crippen molar-refractivity contribution in [1.82, 2.24) is 9.55 Å². The SMILES string of the molecule is COC(CN)c1nc2c(F)cccc2n1C(C)C. The molecule has 0 bridgehead atoms. The molecule has 0 amide bonds. The molecule has 0 saturated carbocycles. The van der Waals surface area contributed by atoms with Gasteiger partial charge in [-0.1, -0.05) is 6.07 Å². The predicted octanol–water partition coefficient (Wildman–Crippen LogP) is 2.40. The normalized spacial score (nSPS) is 13.4. The highest BCUT2D eigenvalue weighted by Gasteiger charge is 2.21. The van der Waals surface area contributed by atoms with Crippen molar-refractivity contribution in [1.29, 1.82) is 0 Å². The van der Waals surface area contributed by atoms with E-state index in [-0.39, 0.29) is 18.0 Å². The fourth-order valence-electron chi connectivity index (χ4n) is 2.18. The fraction of sp³-hybridized carbons (Fsp3) is 0.462. The summed E-state index contributed by atoms with van der Waals surface area (Å²) in [6.45, 7) is 4.37. The largest absolute Gasteiger partial charge is 0.372 e. The van der Waals surface area contributed by atoms with Crippen molar-refractivity contribution in [3.63, 3.8) is 0 Å². The molecule has 2 rings (SSSR count). The molecule has 0 aliphatic carbocycles. The minimum Gasteiger partial charge on any atom is -0.372 e. The van der Waals surface area contributed by atoms with Gasteiger partial charge in [-0.05, 0) is 26.0 Å². The molecule has 1 atom stereocenters. The molecule has 1 heterocycles. The average Bonchev–Trinajstić information content (AvgIpc) is 2.71. The molecule has 1 aromatic carbocycles. The smallest absolute Gasteiger partial charge is 0.151 e. The third-order valence-corrected chi connectivity index (χ3v) is 3.00. The molecule has 0 aliphatic heterocycles. The summed E-state index contributed by atoms with van der Waals surface area (Å²) < 4.78 is 21.1. The van der Waals surface area contributed by atoms with E-state index in [0.29, 0.717) is 17.9 Å². The lowest BCUT2D eigenvalue weighted by Gasteiger charge is -2.18. The molecule has 0 spiro atoms. The summed E-state index contributed by atoms with van der Waals surface area (Å²) in [5.41, 5.74) is 6.82. The van der Waals surface area contributed by atoms with Crippen molar-refractivity contribution in [2.45, 2.75) is 26.0 Å². The molecule has 1 aromatic heterocycles. The van der Waals surface area contributed by atoms with Gasteiger partial charge >= 0.3 is 0 Å². The molecular weight excluding hydrogens is 233 g/mol. The molecule has 2 N–H and O–H groups in total. The van der Waals surface area contributed by atoms with E-state index in [4.69, 9.17) is 10.5 Å². The summed E-state index contributed by atoms with van der Waals surface area (Å²) in [7, 11) is 1.58. The number of methoxy groups -OCH3 is 1. The van der Waals surface area contributed by atoms with E-state index >= 15 is 0 Å². The van der Waals surface area contributed by atoms with E-state index in [2.05, 4.69) is 4.98 Å². The Morgan fingerprint density at radius 1 is 1.44 bits per heavy atom. The van der Waals surface area contributed by atoms with Crippen molar-refractivity contribution in [3.05, 3.63) is 29.8 Å². The summed E-state index contributed by atoms with van der Waals surface area (Å²) in [6, 6.07) is 5.12. The van der Waals surface area contributed by atoms with Crippen molar-refractivity contribution < 1.29 is 9.13 Å². The lowest BCUT2D eigenvalue weighted by molar-refractivity contribution is 0.0991. The van der Waals surface area contributed by atoms with Crippen LogP contribution in [0.15, 0.2) is 18.2 Å². The van der Waals surface area contributed by atoms with Crippen LogP contribution in [0.3, 0.4) is 0 Å². The van der Waals surface area contributed by atoms with Crippen LogP contribution in [0.5, 0.6) is 0 Å². The quantitative estimate of drug-likeness (QED) is 0.907. The van der Waals surface area contributed by atoms with Gasteiger partial charge in [0.2, 0.25) is 0 Å². The van der Waals surface area contributed by atoms with Gasteiger partial charge in [-0.2, -0.15) is 0 Å². The fourth-order valence-corrected chi connectivity index (χ4v) is 2.18. The maximum absolute atomic E-state index is 13.8. The van der Waals surface area contributed by atoms with E-state index in [1.165, 1.54) is 6.07 Å². The summed E-state index contributed by atoms with van der Waals surface area (Å²) in [6.07, 6.45) is -0.320. The van der Waals surface area contributed by atoms with Crippen LogP contribution in [0.4, 0.5) is 4.39 Å². The Kier molecular flexibility index (Phi) is 3.63. The van der Waals surface area contributed by atoms with Crippen molar-refractivity contribution in [2.75, 3.05) is 13.7 Å².